The molecule has 1 N–H and O–H groups in total. The summed E-state index contributed by atoms with van der Waals surface area (Å²) in [5.74, 6) is -0.0951. The molecule has 0 radical (unpaired) electrons. The molecule has 1 amide bonds. The van der Waals surface area contributed by atoms with Crippen LogP contribution in [-0.4, -0.2) is 52.3 Å². The van der Waals surface area contributed by atoms with Gasteiger partial charge in [-0.2, -0.15) is 5.10 Å². The molecule has 0 aliphatic heterocycles. The predicted octanol–water partition coefficient (Wildman–Crippen LogP) is 0.717. The van der Waals surface area contributed by atoms with Gasteiger partial charge < -0.3 is 14.8 Å². The van der Waals surface area contributed by atoms with E-state index in [1.807, 2.05) is 55.0 Å². The van der Waals surface area contributed by atoms with E-state index in [1.165, 1.54) is 0 Å². The normalized spacial score (nSPS) is 11.1. The van der Waals surface area contributed by atoms with Crippen LogP contribution < -0.4 is 5.32 Å². The highest BCUT2D eigenvalue weighted by molar-refractivity contribution is 5.93. The highest BCUT2D eigenvalue weighted by Gasteiger charge is 2.15. The summed E-state index contributed by atoms with van der Waals surface area (Å²) in [5, 5.41) is 7.30. The number of likely N-dealkylation sites (N-methyl/N-ethyl adjacent to an activating group) is 1. The molecule has 0 spiro atoms. The topological polar surface area (TPSA) is 55.1 Å². The molecule has 0 bridgehead atoms. The maximum atomic E-state index is 12.1. The van der Waals surface area contributed by atoms with E-state index in [0.717, 1.165) is 17.9 Å². The highest BCUT2D eigenvalue weighted by atomic mass is 16.2. The lowest BCUT2D eigenvalue weighted by Crippen LogP contribution is -2.32. The quantitative estimate of drug-likeness (QED) is 0.874. The lowest BCUT2D eigenvalue weighted by Gasteiger charge is -2.10. The molecule has 0 saturated heterocycles. The van der Waals surface area contributed by atoms with Crippen LogP contribution in [-0.2, 0) is 14.1 Å². The molecule has 0 fully saturated rings. The van der Waals surface area contributed by atoms with Gasteiger partial charge in [-0.25, -0.2) is 0 Å². The summed E-state index contributed by atoms with van der Waals surface area (Å²) >= 11 is 0. The third kappa shape index (κ3) is 3.08. The van der Waals surface area contributed by atoms with Gasteiger partial charge in [-0.05, 0) is 32.3 Å². The van der Waals surface area contributed by atoms with E-state index in [2.05, 4.69) is 10.4 Å². The summed E-state index contributed by atoms with van der Waals surface area (Å²) in [6.07, 6.45) is 1.96. The Bertz CT molecular complexity index is 596. The molecule has 0 aliphatic carbocycles. The SMILES string of the molecule is CN(C)CCNC(=O)c1cc(-c2cccn2C)nn1C. The number of carbonyl (C=O) groups excluding carboxylic acids is 1. The number of amides is 1. The minimum atomic E-state index is -0.0951. The van der Waals surface area contributed by atoms with Crippen LogP contribution >= 0.6 is 0 Å². The maximum absolute atomic E-state index is 12.1. The fourth-order valence-electron chi connectivity index (χ4n) is 2.02. The molecule has 2 rings (SSSR count). The van der Waals surface area contributed by atoms with Gasteiger partial charge in [0.25, 0.3) is 5.91 Å². The molecule has 0 aromatic carbocycles. The Balaban J connectivity index is 2.12. The molecular weight excluding hydrogens is 254 g/mol. The Labute approximate surface area is 119 Å². The van der Waals surface area contributed by atoms with Crippen molar-refractivity contribution in [3.05, 3.63) is 30.1 Å². The first kappa shape index (κ1) is 14.3. The fraction of sp³-hybridized carbons (Fsp3) is 0.429. The first-order chi connectivity index (χ1) is 9.49. The van der Waals surface area contributed by atoms with E-state index in [4.69, 9.17) is 0 Å². The van der Waals surface area contributed by atoms with Crippen LogP contribution in [0.15, 0.2) is 24.4 Å². The van der Waals surface area contributed by atoms with Gasteiger partial charge in [-0.15, -0.1) is 0 Å². The van der Waals surface area contributed by atoms with Crippen LogP contribution in [0, 0.1) is 0 Å². The molecular formula is C14H21N5O. The summed E-state index contributed by atoms with van der Waals surface area (Å²) in [5.41, 5.74) is 2.37. The van der Waals surface area contributed by atoms with Gasteiger partial charge in [0, 0.05) is 33.4 Å². The number of rotatable bonds is 5. The molecule has 2 heterocycles. The van der Waals surface area contributed by atoms with Crippen molar-refractivity contribution in [1.29, 1.82) is 0 Å². The lowest BCUT2D eigenvalue weighted by molar-refractivity contribution is 0.0941. The second-order valence-electron chi connectivity index (χ2n) is 5.10. The molecule has 0 atom stereocenters. The minimum absolute atomic E-state index is 0.0951. The molecule has 0 aliphatic rings. The van der Waals surface area contributed by atoms with Crippen molar-refractivity contribution in [3.63, 3.8) is 0 Å². The minimum Gasteiger partial charge on any atom is -0.349 e. The van der Waals surface area contributed by atoms with E-state index in [9.17, 15) is 4.79 Å². The largest absolute Gasteiger partial charge is 0.349 e. The average Bonchev–Trinajstić information content (AvgIpc) is 2.94. The van der Waals surface area contributed by atoms with E-state index >= 15 is 0 Å². The molecule has 2 aromatic rings. The van der Waals surface area contributed by atoms with Crippen molar-refractivity contribution in [2.24, 2.45) is 14.1 Å². The Kier molecular flexibility index (Phi) is 4.24. The van der Waals surface area contributed by atoms with Crippen molar-refractivity contribution < 1.29 is 4.79 Å². The Morgan fingerprint density at radius 1 is 1.40 bits per heavy atom. The molecule has 20 heavy (non-hydrogen) atoms. The summed E-state index contributed by atoms with van der Waals surface area (Å²) in [6.45, 7) is 1.44. The Morgan fingerprint density at radius 3 is 2.75 bits per heavy atom. The number of aryl methyl sites for hydroxylation is 2. The van der Waals surface area contributed by atoms with Gasteiger partial charge >= 0.3 is 0 Å². The van der Waals surface area contributed by atoms with Gasteiger partial charge in [-0.3, -0.25) is 9.48 Å². The summed E-state index contributed by atoms with van der Waals surface area (Å²) in [4.78, 5) is 14.1. The van der Waals surface area contributed by atoms with Gasteiger partial charge in [0.1, 0.15) is 11.4 Å². The number of aromatic nitrogens is 3. The number of nitrogens with zero attached hydrogens (tertiary/aromatic N) is 4. The number of carbonyl (C=O) groups is 1. The van der Waals surface area contributed by atoms with Crippen LogP contribution in [0.3, 0.4) is 0 Å². The van der Waals surface area contributed by atoms with Crippen LogP contribution in [0.25, 0.3) is 11.4 Å². The maximum Gasteiger partial charge on any atom is 0.269 e. The Hall–Kier alpha value is -2.08. The van der Waals surface area contributed by atoms with Crippen molar-refractivity contribution in [3.8, 4) is 11.4 Å². The van der Waals surface area contributed by atoms with Gasteiger partial charge in [-0.1, -0.05) is 0 Å². The Morgan fingerprint density at radius 2 is 2.15 bits per heavy atom. The van der Waals surface area contributed by atoms with Crippen molar-refractivity contribution in [2.75, 3.05) is 27.2 Å². The smallest absolute Gasteiger partial charge is 0.269 e. The molecule has 0 saturated carbocycles. The van der Waals surface area contributed by atoms with Gasteiger partial charge in [0.2, 0.25) is 0 Å². The number of hydrogen-bond donors (Lipinski definition) is 1. The molecule has 108 valence electrons. The van der Waals surface area contributed by atoms with Gasteiger partial charge in [0.15, 0.2) is 0 Å². The monoisotopic (exact) mass is 275 g/mol. The summed E-state index contributed by atoms with van der Waals surface area (Å²) in [7, 11) is 7.70. The van der Waals surface area contributed by atoms with Crippen LogP contribution in [0.5, 0.6) is 0 Å². The first-order valence-electron chi connectivity index (χ1n) is 6.57. The summed E-state index contributed by atoms with van der Waals surface area (Å²) in [6, 6.07) is 5.76. The zero-order chi connectivity index (χ0) is 14.7. The molecule has 0 unspecified atom stereocenters. The molecule has 2 aromatic heterocycles. The average molecular weight is 275 g/mol. The van der Waals surface area contributed by atoms with E-state index in [-0.39, 0.29) is 5.91 Å². The molecule has 6 heteroatoms. The van der Waals surface area contributed by atoms with Gasteiger partial charge in [0.05, 0.1) is 5.69 Å². The van der Waals surface area contributed by atoms with Crippen LogP contribution in [0.1, 0.15) is 10.5 Å². The van der Waals surface area contributed by atoms with E-state index < -0.39 is 0 Å². The fourth-order valence-corrected chi connectivity index (χ4v) is 2.02. The predicted molar refractivity (Wildman–Crippen MR) is 78.5 cm³/mol. The first-order valence-corrected chi connectivity index (χ1v) is 6.57. The standard InChI is InChI=1S/C14H21N5O/c1-17(2)9-7-15-14(20)13-10-11(16-19(13)4)12-6-5-8-18(12)3/h5-6,8,10H,7,9H2,1-4H3,(H,15,20). The van der Waals surface area contributed by atoms with Crippen LogP contribution in [0.4, 0.5) is 0 Å². The second kappa shape index (κ2) is 5.92. The number of nitrogens with one attached hydrogen (secondary N) is 1. The lowest BCUT2D eigenvalue weighted by atomic mass is 10.2. The number of hydrogen-bond acceptors (Lipinski definition) is 3. The van der Waals surface area contributed by atoms with Crippen LogP contribution in [0.2, 0.25) is 0 Å². The van der Waals surface area contributed by atoms with Crippen molar-refractivity contribution >= 4 is 5.91 Å². The zero-order valence-corrected chi connectivity index (χ0v) is 12.4. The highest BCUT2D eigenvalue weighted by Crippen LogP contribution is 2.18. The van der Waals surface area contributed by atoms with E-state index in [0.29, 0.717) is 12.2 Å². The van der Waals surface area contributed by atoms with Crippen molar-refractivity contribution in [2.45, 2.75) is 0 Å². The molecule has 6 nitrogen and oxygen atoms in total. The van der Waals surface area contributed by atoms with E-state index in [1.54, 1.807) is 11.7 Å². The third-order valence-electron chi connectivity index (χ3n) is 3.16. The zero-order valence-electron chi connectivity index (χ0n) is 12.4. The summed E-state index contributed by atoms with van der Waals surface area (Å²) < 4.78 is 3.60. The third-order valence-corrected chi connectivity index (χ3v) is 3.16. The second-order valence-corrected chi connectivity index (χ2v) is 5.10. The van der Waals surface area contributed by atoms with Crippen molar-refractivity contribution in [1.82, 2.24) is 24.6 Å².